The minimum absolute atomic E-state index is 0.134. The zero-order chi connectivity index (χ0) is 20.1. The number of nitrogens with zero attached hydrogens (tertiary/aromatic N) is 4. The number of amides is 1. The molecule has 1 amide bonds. The SMILES string of the molecule is Cc1ccccc1-n1ccnc1SCC(=O)Nc1cnc(-c2ccccc2)nc1. The molecule has 0 atom stereocenters. The van der Waals surface area contributed by atoms with Crippen LogP contribution in [0.2, 0.25) is 0 Å². The Bertz CT molecular complexity index is 1110. The van der Waals surface area contributed by atoms with Gasteiger partial charge in [0.1, 0.15) is 0 Å². The molecule has 0 spiro atoms. The lowest BCUT2D eigenvalue weighted by molar-refractivity contribution is -0.113. The zero-order valence-electron chi connectivity index (χ0n) is 15.8. The second-order valence-corrected chi connectivity index (χ2v) is 7.31. The van der Waals surface area contributed by atoms with Crippen molar-refractivity contribution >= 4 is 23.4 Å². The summed E-state index contributed by atoms with van der Waals surface area (Å²) in [7, 11) is 0. The Morgan fingerprint density at radius 1 is 1.00 bits per heavy atom. The maximum atomic E-state index is 12.4. The highest BCUT2D eigenvalue weighted by Crippen LogP contribution is 2.23. The molecule has 29 heavy (non-hydrogen) atoms. The summed E-state index contributed by atoms with van der Waals surface area (Å²) in [6.45, 7) is 2.05. The number of carbonyl (C=O) groups is 1. The molecule has 0 saturated heterocycles. The first-order valence-corrected chi connectivity index (χ1v) is 10.1. The van der Waals surface area contributed by atoms with E-state index in [-0.39, 0.29) is 11.7 Å². The number of para-hydroxylation sites is 1. The molecule has 0 unspecified atom stereocenters. The van der Waals surface area contributed by atoms with Gasteiger partial charge in [-0.2, -0.15) is 0 Å². The number of benzene rings is 2. The second-order valence-electron chi connectivity index (χ2n) is 6.36. The van der Waals surface area contributed by atoms with Crippen LogP contribution in [-0.4, -0.2) is 31.2 Å². The van der Waals surface area contributed by atoms with Gasteiger partial charge < -0.3 is 5.32 Å². The highest BCUT2D eigenvalue weighted by atomic mass is 32.2. The summed E-state index contributed by atoms with van der Waals surface area (Å²) in [5.41, 5.74) is 3.70. The summed E-state index contributed by atoms with van der Waals surface area (Å²) in [6, 6.07) is 17.8. The van der Waals surface area contributed by atoms with E-state index >= 15 is 0 Å². The van der Waals surface area contributed by atoms with E-state index in [0.717, 1.165) is 22.0 Å². The van der Waals surface area contributed by atoms with Gasteiger partial charge in [0.25, 0.3) is 0 Å². The van der Waals surface area contributed by atoms with E-state index in [9.17, 15) is 4.79 Å². The number of aromatic nitrogens is 4. The maximum absolute atomic E-state index is 12.4. The molecule has 0 aliphatic rings. The van der Waals surface area contributed by atoms with Crippen molar-refractivity contribution in [3.8, 4) is 17.1 Å². The Balaban J connectivity index is 1.38. The average molecular weight is 401 g/mol. The van der Waals surface area contributed by atoms with Gasteiger partial charge in [-0.15, -0.1) is 0 Å². The summed E-state index contributed by atoms with van der Waals surface area (Å²) in [6.07, 6.45) is 6.87. The van der Waals surface area contributed by atoms with Crippen molar-refractivity contribution in [2.24, 2.45) is 0 Å². The molecule has 4 aromatic rings. The van der Waals surface area contributed by atoms with Gasteiger partial charge in [-0.3, -0.25) is 9.36 Å². The molecular formula is C22H19N5OS. The fraction of sp³-hybridized carbons (Fsp3) is 0.0909. The van der Waals surface area contributed by atoms with Crippen LogP contribution in [0.5, 0.6) is 0 Å². The van der Waals surface area contributed by atoms with Crippen LogP contribution in [0.3, 0.4) is 0 Å². The van der Waals surface area contributed by atoms with Crippen LogP contribution in [0.1, 0.15) is 5.56 Å². The molecule has 0 fully saturated rings. The molecule has 2 aromatic heterocycles. The first kappa shape index (κ1) is 18.9. The summed E-state index contributed by atoms with van der Waals surface area (Å²) < 4.78 is 1.99. The van der Waals surface area contributed by atoms with Crippen LogP contribution in [0.15, 0.2) is 84.5 Å². The van der Waals surface area contributed by atoms with Crippen molar-refractivity contribution in [1.82, 2.24) is 19.5 Å². The Morgan fingerprint density at radius 3 is 2.48 bits per heavy atom. The van der Waals surface area contributed by atoms with Crippen LogP contribution in [0.25, 0.3) is 17.1 Å². The van der Waals surface area contributed by atoms with Crippen molar-refractivity contribution < 1.29 is 4.79 Å². The van der Waals surface area contributed by atoms with E-state index in [1.807, 2.05) is 59.3 Å². The van der Waals surface area contributed by atoms with Gasteiger partial charge in [-0.1, -0.05) is 60.3 Å². The number of anilines is 1. The Morgan fingerprint density at radius 2 is 1.72 bits per heavy atom. The molecule has 1 N–H and O–H groups in total. The molecule has 0 saturated carbocycles. The molecule has 144 valence electrons. The van der Waals surface area contributed by atoms with Crippen LogP contribution in [-0.2, 0) is 4.79 Å². The van der Waals surface area contributed by atoms with Gasteiger partial charge in [-0.05, 0) is 18.6 Å². The van der Waals surface area contributed by atoms with Gasteiger partial charge in [0.05, 0.1) is 29.5 Å². The maximum Gasteiger partial charge on any atom is 0.234 e. The predicted octanol–water partition coefficient (Wildman–Crippen LogP) is 4.37. The van der Waals surface area contributed by atoms with Crippen LogP contribution >= 0.6 is 11.8 Å². The molecular weight excluding hydrogens is 382 g/mol. The number of hydrogen-bond acceptors (Lipinski definition) is 5. The molecule has 0 aliphatic heterocycles. The minimum atomic E-state index is -0.134. The standard InChI is InChI=1S/C22H19N5OS/c1-16-7-5-6-10-19(16)27-12-11-23-22(27)29-15-20(28)26-18-13-24-21(25-14-18)17-8-3-2-4-9-17/h2-14H,15H2,1H3,(H,26,28). The van der Waals surface area contributed by atoms with Crippen LogP contribution in [0.4, 0.5) is 5.69 Å². The molecule has 0 radical (unpaired) electrons. The van der Waals surface area contributed by atoms with Gasteiger partial charge in [0, 0.05) is 18.0 Å². The number of rotatable bonds is 6. The summed E-state index contributed by atoms with van der Waals surface area (Å²) in [4.78, 5) is 25.4. The summed E-state index contributed by atoms with van der Waals surface area (Å²) in [5, 5.41) is 3.60. The normalized spacial score (nSPS) is 10.7. The third kappa shape index (κ3) is 4.52. The van der Waals surface area contributed by atoms with Crippen LogP contribution in [0, 0.1) is 6.92 Å². The van der Waals surface area contributed by atoms with E-state index in [1.165, 1.54) is 11.8 Å². The molecule has 0 bridgehead atoms. The quantitative estimate of drug-likeness (QED) is 0.486. The van der Waals surface area contributed by atoms with Crippen molar-refractivity contribution in [2.45, 2.75) is 12.1 Å². The van der Waals surface area contributed by atoms with Gasteiger partial charge in [0.2, 0.25) is 5.91 Å². The third-order valence-electron chi connectivity index (χ3n) is 4.28. The zero-order valence-corrected chi connectivity index (χ0v) is 16.6. The molecule has 2 aromatic carbocycles. The largest absolute Gasteiger partial charge is 0.323 e. The van der Waals surface area contributed by atoms with E-state index in [2.05, 4.69) is 33.3 Å². The Hall–Kier alpha value is -3.45. The third-order valence-corrected chi connectivity index (χ3v) is 5.25. The summed E-state index contributed by atoms with van der Waals surface area (Å²) >= 11 is 1.38. The number of carbonyl (C=O) groups excluding carboxylic acids is 1. The monoisotopic (exact) mass is 401 g/mol. The average Bonchev–Trinajstić information content (AvgIpc) is 3.22. The van der Waals surface area contributed by atoms with Crippen LogP contribution < -0.4 is 5.32 Å². The smallest absolute Gasteiger partial charge is 0.234 e. The lowest BCUT2D eigenvalue weighted by Crippen LogP contribution is -2.15. The highest BCUT2D eigenvalue weighted by Gasteiger charge is 2.11. The van der Waals surface area contributed by atoms with E-state index in [0.29, 0.717) is 11.5 Å². The minimum Gasteiger partial charge on any atom is -0.323 e. The van der Waals surface area contributed by atoms with Gasteiger partial charge in [0.15, 0.2) is 11.0 Å². The Labute approximate surface area is 173 Å². The topological polar surface area (TPSA) is 72.7 Å². The fourth-order valence-electron chi connectivity index (χ4n) is 2.87. The fourth-order valence-corrected chi connectivity index (χ4v) is 3.64. The first-order valence-electron chi connectivity index (χ1n) is 9.10. The number of hydrogen-bond donors (Lipinski definition) is 1. The lowest BCUT2D eigenvalue weighted by atomic mass is 10.2. The number of imidazole rings is 1. The first-order chi connectivity index (χ1) is 14.2. The molecule has 6 nitrogen and oxygen atoms in total. The van der Waals surface area contributed by atoms with Crippen molar-refractivity contribution in [2.75, 3.05) is 11.1 Å². The second kappa shape index (κ2) is 8.70. The highest BCUT2D eigenvalue weighted by molar-refractivity contribution is 7.99. The van der Waals surface area contributed by atoms with Gasteiger partial charge >= 0.3 is 0 Å². The summed E-state index contributed by atoms with van der Waals surface area (Å²) in [5.74, 6) is 0.729. The lowest BCUT2D eigenvalue weighted by Gasteiger charge is -2.10. The predicted molar refractivity (Wildman–Crippen MR) is 115 cm³/mol. The van der Waals surface area contributed by atoms with Crippen molar-refractivity contribution in [3.05, 3.63) is 84.9 Å². The number of nitrogens with one attached hydrogen (secondary N) is 1. The van der Waals surface area contributed by atoms with Gasteiger partial charge in [-0.25, -0.2) is 15.0 Å². The van der Waals surface area contributed by atoms with E-state index in [1.54, 1.807) is 18.6 Å². The molecule has 4 rings (SSSR count). The molecule has 7 heteroatoms. The number of aryl methyl sites for hydroxylation is 1. The van der Waals surface area contributed by atoms with Crippen molar-refractivity contribution in [3.63, 3.8) is 0 Å². The number of thioether (sulfide) groups is 1. The van der Waals surface area contributed by atoms with E-state index in [4.69, 9.17) is 0 Å². The van der Waals surface area contributed by atoms with Crippen molar-refractivity contribution in [1.29, 1.82) is 0 Å². The Kier molecular flexibility index (Phi) is 5.67. The molecule has 0 aliphatic carbocycles. The van der Waals surface area contributed by atoms with E-state index < -0.39 is 0 Å². The molecule has 2 heterocycles.